The van der Waals surface area contributed by atoms with Crippen LogP contribution >= 0.6 is 12.2 Å². The van der Waals surface area contributed by atoms with Crippen LogP contribution in [-0.2, 0) is 13.1 Å². The second-order valence-corrected chi connectivity index (χ2v) is 6.64. The van der Waals surface area contributed by atoms with Gasteiger partial charge in [0.25, 0.3) is 5.56 Å². The molecule has 2 rings (SSSR count). The molecule has 0 saturated carbocycles. The van der Waals surface area contributed by atoms with Gasteiger partial charge in [0.15, 0.2) is 10.8 Å². The molecule has 0 aliphatic rings. The number of furan rings is 1. The zero-order chi connectivity index (χ0) is 19.8. The summed E-state index contributed by atoms with van der Waals surface area (Å²) in [6.07, 6.45) is 5.17. The number of nitrogens with zero attached hydrogens (tertiary/aromatic N) is 2. The second-order valence-electron chi connectivity index (χ2n) is 6.25. The lowest BCUT2D eigenvalue weighted by Gasteiger charge is -2.26. The molecule has 4 N–H and O–H groups in total. The lowest BCUT2D eigenvalue weighted by Crippen LogP contribution is -2.45. The van der Waals surface area contributed by atoms with Crippen molar-refractivity contribution in [3.05, 3.63) is 45.0 Å². The van der Waals surface area contributed by atoms with Crippen LogP contribution in [0.3, 0.4) is 0 Å². The van der Waals surface area contributed by atoms with Crippen molar-refractivity contribution in [3.8, 4) is 0 Å². The molecular weight excluding hydrogens is 366 g/mol. The molecule has 0 radical (unpaired) electrons. The Morgan fingerprint density at radius 2 is 2.07 bits per heavy atom. The Morgan fingerprint density at radius 1 is 1.33 bits per heavy atom. The molecule has 9 heteroatoms. The first kappa shape index (κ1) is 20.8. The SMILES string of the molecule is CCCCNC(=S)N(Cc1ccco1)c1c(N)n(CCCC)c(=O)[nH]c1=O. The Morgan fingerprint density at radius 3 is 2.70 bits per heavy atom. The van der Waals surface area contributed by atoms with E-state index in [0.717, 1.165) is 25.7 Å². The predicted molar refractivity (Wildman–Crippen MR) is 111 cm³/mol. The first-order chi connectivity index (χ1) is 13.0. The number of nitrogens with two attached hydrogens (primary N) is 1. The minimum Gasteiger partial charge on any atom is -0.467 e. The molecule has 2 aromatic heterocycles. The number of aromatic nitrogens is 2. The summed E-state index contributed by atoms with van der Waals surface area (Å²) in [5.41, 5.74) is 5.29. The maximum Gasteiger partial charge on any atom is 0.330 e. The molecule has 148 valence electrons. The molecule has 0 aromatic carbocycles. The van der Waals surface area contributed by atoms with E-state index < -0.39 is 11.2 Å². The van der Waals surface area contributed by atoms with E-state index >= 15 is 0 Å². The molecule has 2 aromatic rings. The summed E-state index contributed by atoms with van der Waals surface area (Å²) < 4.78 is 6.79. The van der Waals surface area contributed by atoms with Gasteiger partial charge in [-0.05, 0) is 37.2 Å². The van der Waals surface area contributed by atoms with E-state index in [-0.39, 0.29) is 18.1 Å². The summed E-state index contributed by atoms with van der Waals surface area (Å²) in [5, 5.41) is 3.51. The molecule has 0 aliphatic carbocycles. The monoisotopic (exact) mass is 393 g/mol. The number of aromatic amines is 1. The molecule has 0 bridgehead atoms. The number of nitrogens with one attached hydrogen (secondary N) is 2. The molecule has 0 spiro atoms. The van der Waals surface area contributed by atoms with Crippen molar-refractivity contribution >= 4 is 28.8 Å². The number of H-pyrrole nitrogens is 1. The van der Waals surface area contributed by atoms with Crippen molar-refractivity contribution < 1.29 is 4.42 Å². The van der Waals surface area contributed by atoms with E-state index in [4.69, 9.17) is 22.4 Å². The van der Waals surface area contributed by atoms with Gasteiger partial charge in [-0.25, -0.2) is 4.79 Å². The Labute approximate surface area is 163 Å². The number of nitrogen functional groups attached to an aromatic ring is 1. The normalized spacial score (nSPS) is 10.7. The van der Waals surface area contributed by atoms with Crippen LogP contribution in [0, 0.1) is 0 Å². The van der Waals surface area contributed by atoms with Crippen molar-refractivity contribution in [1.82, 2.24) is 14.9 Å². The standard InChI is InChI=1S/C18H27N5O3S/c1-3-5-9-20-18(27)23(12-13-8-7-11-26-13)14-15(19)22(10-6-4-2)17(25)21-16(14)24/h7-8,11H,3-6,9-10,12,19H2,1-2H3,(H,20,27)(H,21,24,25). The van der Waals surface area contributed by atoms with Crippen LogP contribution in [0.4, 0.5) is 11.5 Å². The largest absolute Gasteiger partial charge is 0.467 e. The van der Waals surface area contributed by atoms with Crippen LogP contribution in [0.1, 0.15) is 45.3 Å². The number of hydrogen-bond donors (Lipinski definition) is 3. The first-order valence-electron chi connectivity index (χ1n) is 9.19. The average molecular weight is 394 g/mol. The van der Waals surface area contributed by atoms with Crippen molar-refractivity contribution in [2.75, 3.05) is 17.2 Å². The van der Waals surface area contributed by atoms with E-state index in [2.05, 4.69) is 17.2 Å². The zero-order valence-electron chi connectivity index (χ0n) is 15.8. The molecule has 0 unspecified atom stereocenters. The third kappa shape index (κ3) is 5.22. The third-order valence-corrected chi connectivity index (χ3v) is 4.53. The zero-order valence-corrected chi connectivity index (χ0v) is 16.6. The van der Waals surface area contributed by atoms with Gasteiger partial charge in [0, 0.05) is 13.1 Å². The van der Waals surface area contributed by atoms with E-state index in [1.54, 1.807) is 23.3 Å². The fraction of sp³-hybridized carbons (Fsp3) is 0.500. The quantitative estimate of drug-likeness (QED) is 0.442. The highest BCUT2D eigenvalue weighted by Gasteiger charge is 2.23. The minimum absolute atomic E-state index is 0.100. The van der Waals surface area contributed by atoms with Crippen molar-refractivity contribution in [1.29, 1.82) is 0 Å². The predicted octanol–water partition coefficient (Wildman–Crippen LogP) is 2.19. The third-order valence-electron chi connectivity index (χ3n) is 4.17. The van der Waals surface area contributed by atoms with Gasteiger partial charge in [0.2, 0.25) is 0 Å². The highest BCUT2D eigenvalue weighted by atomic mass is 32.1. The van der Waals surface area contributed by atoms with Crippen molar-refractivity contribution in [2.45, 2.75) is 52.6 Å². The molecule has 0 aliphatic heterocycles. The van der Waals surface area contributed by atoms with Gasteiger partial charge in [-0.2, -0.15) is 0 Å². The lowest BCUT2D eigenvalue weighted by molar-refractivity contribution is 0.510. The molecule has 0 saturated heterocycles. The summed E-state index contributed by atoms with van der Waals surface area (Å²) in [4.78, 5) is 28.7. The van der Waals surface area contributed by atoms with Gasteiger partial charge in [0.05, 0.1) is 12.8 Å². The molecule has 0 atom stereocenters. The molecule has 27 heavy (non-hydrogen) atoms. The topological polar surface area (TPSA) is 109 Å². The Bertz CT molecular complexity index is 857. The summed E-state index contributed by atoms with van der Waals surface area (Å²) in [7, 11) is 0. The Balaban J connectivity index is 2.45. The summed E-state index contributed by atoms with van der Waals surface area (Å²) in [6, 6.07) is 3.55. The van der Waals surface area contributed by atoms with Crippen molar-refractivity contribution in [3.63, 3.8) is 0 Å². The summed E-state index contributed by atoms with van der Waals surface area (Å²) in [5.74, 6) is 0.725. The van der Waals surface area contributed by atoms with Gasteiger partial charge < -0.3 is 20.4 Å². The minimum atomic E-state index is -0.573. The smallest absolute Gasteiger partial charge is 0.330 e. The average Bonchev–Trinajstić information content (AvgIpc) is 3.14. The number of rotatable bonds is 9. The molecule has 2 heterocycles. The maximum absolute atomic E-state index is 12.6. The van der Waals surface area contributed by atoms with E-state index in [1.807, 2.05) is 6.92 Å². The summed E-state index contributed by atoms with van der Waals surface area (Å²) in [6.45, 7) is 5.43. The van der Waals surface area contributed by atoms with Crippen LogP contribution in [0.25, 0.3) is 0 Å². The highest BCUT2D eigenvalue weighted by Crippen LogP contribution is 2.20. The van der Waals surface area contributed by atoms with Crippen molar-refractivity contribution in [2.24, 2.45) is 0 Å². The van der Waals surface area contributed by atoms with Gasteiger partial charge >= 0.3 is 5.69 Å². The van der Waals surface area contributed by atoms with Crippen LogP contribution in [0.2, 0.25) is 0 Å². The van der Waals surface area contributed by atoms with E-state index in [1.165, 1.54) is 4.57 Å². The summed E-state index contributed by atoms with van der Waals surface area (Å²) >= 11 is 5.50. The van der Waals surface area contributed by atoms with E-state index in [0.29, 0.717) is 24.0 Å². The number of hydrogen-bond acceptors (Lipinski definition) is 5. The van der Waals surface area contributed by atoms with E-state index in [9.17, 15) is 9.59 Å². The Kier molecular flexibility index (Phi) is 7.66. The van der Waals surface area contributed by atoms with Crippen LogP contribution in [0.15, 0.2) is 32.4 Å². The fourth-order valence-electron chi connectivity index (χ4n) is 2.65. The molecular formula is C18H27N5O3S. The number of unbranched alkanes of at least 4 members (excludes halogenated alkanes) is 2. The van der Waals surface area contributed by atoms with Crippen LogP contribution in [0.5, 0.6) is 0 Å². The van der Waals surface area contributed by atoms with Crippen LogP contribution < -0.4 is 27.2 Å². The first-order valence-corrected chi connectivity index (χ1v) is 9.60. The van der Waals surface area contributed by atoms with Gasteiger partial charge in [-0.15, -0.1) is 0 Å². The highest BCUT2D eigenvalue weighted by molar-refractivity contribution is 7.80. The van der Waals surface area contributed by atoms with Gasteiger partial charge in [-0.3, -0.25) is 14.3 Å². The van der Waals surface area contributed by atoms with Crippen LogP contribution in [-0.4, -0.2) is 21.2 Å². The van der Waals surface area contributed by atoms with Gasteiger partial charge in [0.1, 0.15) is 11.6 Å². The molecule has 0 amide bonds. The van der Waals surface area contributed by atoms with Gasteiger partial charge in [-0.1, -0.05) is 26.7 Å². The lowest BCUT2D eigenvalue weighted by atomic mass is 10.3. The number of thiocarbonyl (C=S) groups is 1. The maximum atomic E-state index is 12.6. The molecule has 8 nitrogen and oxygen atoms in total. The second kappa shape index (κ2) is 9.96. The molecule has 0 fully saturated rings. The fourth-order valence-corrected chi connectivity index (χ4v) is 2.91. The number of anilines is 2. The Hall–Kier alpha value is -2.55.